The fourth-order valence-corrected chi connectivity index (χ4v) is 1.53. The lowest BCUT2D eigenvalue weighted by Crippen LogP contribution is -2.15. The van der Waals surface area contributed by atoms with E-state index in [1.165, 1.54) is 13.2 Å². The van der Waals surface area contributed by atoms with Gasteiger partial charge in [-0.1, -0.05) is 0 Å². The molecule has 15 heavy (non-hydrogen) atoms. The van der Waals surface area contributed by atoms with Gasteiger partial charge >= 0.3 is 0 Å². The standard InChI is InChI=1S/C10H10O5/c1-14-7-4-6-8(10(13)9(7)12)5(11)2-3-15-6/h4,12-13H,2-3H2,1H3. The van der Waals surface area contributed by atoms with Crippen LogP contribution in [-0.4, -0.2) is 29.7 Å². The van der Waals surface area contributed by atoms with Gasteiger partial charge in [-0.05, 0) is 0 Å². The van der Waals surface area contributed by atoms with Gasteiger partial charge in [0, 0.05) is 12.5 Å². The summed E-state index contributed by atoms with van der Waals surface area (Å²) in [7, 11) is 1.35. The second-order valence-corrected chi connectivity index (χ2v) is 3.17. The number of fused-ring (bicyclic) bond motifs is 1. The summed E-state index contributed by atoms with van der Waals surface area (Å²) in [6.07, 6.45) is 0.201. The SMILES string of the molecule is COc1cc2c(c(O)c1O)C(=O)CCO2. The first-order chi connectivity index (χ1) is 7.15. The summed E-state index contributed by atoms with van der Waals surface area (Å²) in [5, 5.41) is 19.1. The molecule has 1 aliphatic rings. The first-order valence-electron chi connectivity index (χ1n) is 4.44. The smallest absolute Gasteiger partial charge is 0.201 e. The van der Waals surface area contributed by atoms with Gasteiger partial charge in [0.25, 0.3) is 0 Å². The van der Waals surface area contributed by atoms with Gasteiger partial charge in [-0.25, -0.2) is 0 Å². The first kappa shape index (κ1) is 9.64. The predicted octanol–water partition coefficient (Wildman–Crippen LogP) is 1.07. The van der Waals surface area contributed by atoms with E-state index in [0.29, 0.717) is 0 Å². The van der Waals surface area contributed by atoms with Crippen LogP contribution in [0.2, 0.25) is 0 Å². The number of hydrogen-bond donors (Lipinski definition) is 2. The lowest BCUT2D eigenvalue weighted by atomic mass is 10.0. The van der Waals surface area contributed by atoms with Crippen LogP contribution < -0.4 is 9.47 Å². The Morgan fingerprint density at radius 3 is 2.80 bits per heavy atom. The monoisotopic (exact) mass is 210 g/mol. The molecule has 1 aliphatic heterocycles. The summed E-state index contributed by atoms with van der Waals surface area (Å²) in [6.45, 7) is 0.277. The maximum absolute atomic E-state index is 11.5. The van der Waals surface area contributed by atoms with Crippen molar-refractivity contribution in [2.45, 2.75) is 6.42 Å². The molecule has 0 bridgehead atoms. The molecular formula is C10H10O5. The van der Waals surface area contributed by atoms with Crippen LogP contribution in [0.15, 0.2) is 6.07 Å². The molecule has 1 aromatic carbocycles. The Morgan fingerprint density at radius 2 is 2.13 bits per heavy atom. The van der Waals surface area contributed by atoms with Crippen molar-refractivity contribution in [1.82, 2.24) is 0 Å². The fourth-order valence-electron chi connectivity index (χ4n) is 1.53. The van der Waals surface area contributed by atoms with Crippen molar-refractivity contribution in [2.75, 3.05) is 13.7 Å². The molecule has 0 unspecified atom stereocenters. The summed E-state index contributed by atoms with van der Waals surface area (Å²) < 4.78 is 10.0. The molecule has 0 aromatic heterocycles. The highest BCUT2D eigenvalue weighted by molar-refractivity contribution is 6.03. The number of benzene rings is 1. The van der Waals surface area contributed by atoms with Crippen molar-refractivity contribution in [1.29, 1.82) is 0 Å². The minimum Gasteiger partial charge on any atom is -0.504 e. The second kappa shape index (κ2) is 3.34. The minimum atomic E-state index is -0.478. The van der Waals surface area contributed by atoms with Gasteiger partial charge in [-0.15, -0.1) is 0 Å². The Morgan fingerprint density at radius 1 is 1.40 bits per heavy atom. The van der Waals surface area contributed by atoms with E-state index in [9.17, 15) is 15.0 Å². The molecule has 0 fully saturated rings. The normalized spacial score (nSPS) is 14.3. The average Bonchev–Trinajstić information content (AvgIpc) is 2.23. The van der Waals surface area contributed by atoms with E-state index in [2.05, 4.69) is 0 Å². The number of methoxy groups -OCH3 is 1. The van der Waals surface area contributed by atoms with Crippen LogP contribution in [0.4, 0.5) is 0 Å². The molecule has 5 nitrogen and oxygen atoms in total. The zero-order valence-electron chi connectivity index (χ0n) is 8.11. The lowest BCUT2D eigenvalue weighted by molar-refractivity contribution is 0.0928. The van der Waals surface area contributed by atoms with Crippen molar-refractivity contribution in [3.63, 3.8) is 0 Å². The molecule has 0 atom stereocenters. The third kappa shape index (κ3) is 1.36. The Bertz CT molecular complexity index is 424. The van der Waals surface area contributed by atoms with Crippen molar-refractivity contribution in [3.8, 4) is 23.0 Å². The highest BCUT2D eigenvalue weighted by atomic mass is 16.5. The van der Waals surface area contributed by atoms with E-state index in [1.807, 2.05) is 0 Å². The van der Waals surface area contributed by atoms with Crippen molar-refractivity contribution in [3.05, 3.63) is 11.6 Å². The zero-order chi connectivity index (χ0) is 11.0. The fraction of sp³-hybridized carbons (Fsp3) is 0.300. The number of ether oxygens (including phenoxy) is 2. The number of rotatable bonds is 1. The van der Waals surface area contributed by atoms with E-state index in [0.717, 1.165) is 0 Å². The van der Waals surface area contributed by atoms with E-state index in [1.54, 1.807) is 0 Å². The number of hydrogen-bond acceptors (Lipinski definition) is 5. The third-order valence-electron chi connectivity index (χ3n) is 2.29. The van der Waals surface area contributed by atoms with E-state index < -0.39 is 11.5 Å². The van der Waals surface area contributed by atoms with E-state index in [-0.39, 0.29) is 35.9 Å². The molecule has 2 rings (SSSR count). The van der Waals surface area contributed by atoms with Crippen molar-refractivity contribution >= 4 is 5.78 Å². The zero-order valence-corrected chi connectivity index (χ0v) is 8.11. The van der Waals surface area contributed by atoms with Crippen LogP contribution in [0.25, 0.3) is 0 Å². The molecule has 1 heterocycles. The average molecular weight is 210 g/mol. The van der Waals surface area contributed by atoms with Crippen LogP contribution >= 0.6 is 0 Å². The highest BCUT2D eigenvalue weighted by Crippen LogP contribution is 2.45. The molecule has 0 spiro atoms. The van der Waals surface area contributed by atoms with Crippen molar-refractivity contribution < 1.29 is 24.5 Å². The molecule has 1 aromatic rings. The number of carbonyl (C=O) groups excluding carboxylic acids is 1. The maximum Gasteiger partial charge on any atom is 0.201 e. The Labute approximate surface area is 85.9 Å². The van der Waals surface area contributed by atoms with Crippen LogP contribution in [0.5, 0.6) is 23.0 Å². The molecule has 5 heteroatoms. The lowest BCUT2D eigenvalue weighted by Gasteiger charge is -2.18. The van der Waals surface area contributed by atoms with Crippen LogP contribution in [0.3, 0.4) is 0 Å². The molecule has 2 N–H and O–H groups in total. The second-order valence-electron chi connectivity index (χ2n) is 3.17. The first-order valence-corrected chi connectivity index (χ1v) is 4.44. The predicted molar refractivity (Wildman–Crippen MR) is 50.8 cm³/mol. The number of carbonyl (C=O) groups is 1. The molecule has 0 saturated carbocycles. The minimum absolute atomic E-state index is 0.0274. The Hall–Kier alpha value is -1.91. The number of Topliss-reactive ketones (excluding diaryl/α,β-unsaturated/α-hetero) is 1. The van der Waals surface area contributed by atoms with Gasteiger partial charge in [0.05, 0.1) is 13.7 Å². The maximum atomic E-state index is 11.5. The summed E-state index contributed by atoms with van der Waals surface area (Å²) in [6, 6.07) is 1.39. The summed E-state index contributed by atoms with van der Waals surface area (Å²) in [4.78, 5) is 11.5. The number of ketones is 1. The van der Waals surface area contributed by atoms with Crippen molar-refractivity contribution in [2.24, 2.45) is 0 Å². The third-order valence-corrected chi connectivity index (χ3v) is 2.29. The topological polar surface area (TPSA) is 76.0 Å². The number of phenolic OH excluding ortho intramolecular Hbond substituents is 2. The van der Waals surface area contributed by atoms with Gasteiger partial charge in [0.1, 0.15) is 11.3 Å². The van der Waals surface area contributed by atoms with E-state index >= 15 is 0 Å². The van der Waals surface area contributed by atoms with Gasteiger partial charge in [-0.3, -0.25) is 4.79 Å². The molecule has 0 amide bonds. The van der Waals surface area contributed by atoms with Gasteiger partial charge in [0.15, 0.2) is 17.3 Å². The highest BCUT2D eigenvalue weighted by Gasteiger charge is 2.27. The van der Waals surface area contributed by atoms with Crippen LogP contribution in [-0.2, 0) is 0 Å². The van der Waals surface area contributed by atoms with Crippen LogP contribution in [0, 0.1) is 0 Å². The van der Waals surface area contributed by atoms with Crippen LogP contribution in [0.1, 0.15) is 16.8 Å². The largest absolute Gasteiger partial charge is 0.504 e. The molecule has 0 radical (unpaired) electrons. The summed E-state index contributed by atoms with van der Waals surface area (Å²) in [5.74, 6) is -0.824. The Kier molecular flexibility index (Phi) is 2.15. The number of phenols is 2. The van der Waals surface area contributed by atoms with Gasteiger partial charge in [-0.2, -0.15) is 0 Å². The van der Waals surface area contributed by atoms with E-state index in [4.69, 9.17) is 9.47 Å². The molecule has 80 valence electrons. The Balaban J connectivity index is 2.66. The van der Waals surface area contributed by atoms with Gasteiger partial charge in [0.2, 0.25) is 5.75 Å². The summed E-state index contributed by atoms with van der Waals surface area (Å²) >= 11 is 0. The molecule has 0 saturated heterocycles. The quantitative estimate of drug-likeness (QED) is 0.678. The number of aromatic hydroxyl groups is 2. The molecular weight excluding hydrogens is 200 g/mol. The van der Waals surface area contributed by atoms with Gasteiger partial charge < -0.3 is 19.7 Å². The summed E-state index contributed by atoms with van der Waals surface area (Å²) in [5.41, 5.74) is 0.0274. The molecule has 0 aliphatic carbocycles.